The highest BCUT2D eigenvalue weighted by molar-refractivity contribution is 5.26. The van der Waals surface area contributed by atoms with Gasteiger partial charge in [0.05, 0.1) is 6.04 Å². The summed E-state index contributed by atoms with van der Waals surface area (Å²) >= 11 is 0. The van der Waals surface area contributed by atoms with E-state index in [1.54, 1.807) is 18.2 Å². The number of halogens is 1. The molecule has 0 aliphatic carbocycles. The molecule has 0 heterocycles. The molecule has 1 N–H and O–H groups in total. The predicted molar refractivity (Wildman–Crippen MR) is 79.5 cm³/mol. The van der Waals surface area contributed by atoms with Crippen LogP contribution in [0.15, 0.2) is 48.5 Å². The van der Waals surface area contributed by atoms with Crippen LogP contribution in [-0.4, -0.2) is 13.7 Å². The van der Waals surface area contributed by atoms with E-state index in [9.17, 15) is 4.39 Å². The lowest BCUT2D eigenvalue weighted by Crippen LogP contribution is -2.23. The van der Waals surface area contributed by atoms with Gasteiger partial charge in [-0.1, -0.05) is 43.3 Å². The van der Waals surface area contributed by atoms with Gasteiger partial charge in [0, 0.05) is 0 Å². The van der Waals surface area contributed by atoms with Crippen LogP contribution in [0.1, 0.15) is 24.1 Å². The maximum atomic E-state index is 13.5. The van der Waals surface area contributed by atoms with E-state index in [0.717, 1.165) is 12.0 Å². The molecule has 0 fully saturated rings. The third-order valence-electron chi connectivity index (χ3n) is 3.38. The Bertz CT molecular complexity index is 539. The van der Waals surface area contributed by atoms with Crippen LogP contribution in [0.25, 0.3) is 0 Å². The topological polar surface area (TPSA) is 21.3 Å². The molecule has 0 aromatic heterocycles. The third kappa shape index (κ3) is 3.58. The van der Waals surface area contributed by atoms with Crippen molar-refractivity contribution in [3.8, 4) is 5.75 Å². The number of likely N-dealkylation sites (N-methyl/N-ethyl adjacent to an activating group) is 1. The smallest absolute Gasteiger partial charge is 0.165 e. The summed E-state index contributed by atoms with van der Waals surface area (Å²) in [4.78, 5) is 0. The zero-order valence-corrected chi connectivity index (χ0v) is 11.9. The van der Waals surface area contributed by atoms with Crippen molar-refractivity contribution in [1.82, 2.24) is 5.32 Å². The summed E-state index contributed by atoms with van der Waals surface area (Å²) in [5.41, 5.74) is 2.44. The lowest BCUT2D eigenvalue weighted by atomic mass is 10.0. The van der Waals surface area contributed by atoms with Gasteiger partial charge in [-0.15, -0.1) is 0 Å². The maximum Gasteiger partial charge on any atom is 0.165 e. The quantitative estimate of drug-likeness (QED) is 0.866. The van der Waals surface area contributed by atoms with Gasteiger partial charge >= 0.3 is 0 Å². The van der Waals surface area contributed by atoms with Gasteiger partial charge < -0.3 is 10.1 Å². The Morgan fingerprint density at radius 2 is 1.80 bits per heavy atom. The van der Waals surface area contributed by atoms with Crippen LogP contribution in [0.4, 0.5) is 4.39 Å². The Morgan fingerprint density at radius 1 is 1.10 bits per heavy atom. The normalized spacial score (nSPS) is 12.2. The van der Waals surface area contributed by atoms with Gasteiger partial charge in [0.25, 0.3) is 0 Å². The number of para-hydroxylation sites is 1. The molecule has 1 unspecified atom stereocenters. The van der Waals surface area contributed by atoms with Crippen LogP contribution in [-0.2, 0) is 6.42 Å². The zero-order chi connectivity index (χ0) is 14.4. The summed E-state index contributed by atoms with van der Waals surface area (Å²) in [5.74, 6) is -0.0402. The summed E-state index contributed by atoms with van der Waals surface area (Å²) in [7, 11) is 1.88. The van der Waals surface area contributed by atoms with E-state index in [4.69, 9.17) is 4.74 Å². The minimum atomic E-state index is -0.330. The number of nitrogens with one attached hydrogen (secondary N) is 1. The summed E-state index contributed by atoms with van der Waals surface area (Å²) in [6.45, 7) is 2.52. The van der Waals surface area contributed by atoms with Gasteiger partial charge in [-0.2, -0.15) is 0 Å². The summed E-state index contributed by atoms with van der Waals surface area (Å²) in [5, 5.41) is 3.20. The molecule has 0 aliphatic rings. The van der Waals surface area contributed by atoms with Crippen LogP contribution in [0.5, 0.6) is 5.75 Å². The SMILES string of the molecule is CCc1ccc(C(COc2ccccc2F)NC)cc1. The highest BCUT2D eigenvalue weighted by Crippen LogP contribution is 2.19. The van der Waals surface area contributed by atoms with Crippen LogP contribution < -0.4 is 10.1 Å². The molecule has 20 heavy (non-hydrogen) atoms. The molecule has 2 aromatic rings. The molecule has 0 bridgehead atoms. The predicted octanol–water partition coefficient (Wildman–Crippen LogP) is 3.73. The van der Waals surface area contributed by atoms with Crippen molar-refractivity contribution in [2.45, 2.75) is 19.4 Å². The van der Waals surface area contributed by atoms with Crippen molar-refractivity contribution in [3.63, 3.8) is 0 Å². The van der Waals surface area contributed by atoms with Gasteiger partial charge in [-0.25, -0.2) is 4.39 Å². The van der Waals surface area contributed by atoms with E-state index in [1.807, 2.05) is 7.05 Å². The van der Waals surface area contributed by atoms with Gasteiger partial charge in [0.15, 0.2) is 11.6 Å². The molecule has 1 atom stereocenters. The molecular weight excluding hydrogens is 253 g/mol. The van der Waals surface area contributed by atoms with Crippen molar-refractivity contribution < 1.29 is 9.13 Å². The molecule has 2 aromatic carbocycles. The van der Waals surface area contributed by atoms with E-state index >= 15 is 0 Å². The van der Waals surface area contributed by atoms with Gasteiger partial charge in [0.2, 0.25) is 0 Å². The molecule has 0 spiro atoms. The van der Waals surface area contributed by atoms with E-state index in [1.165, 1.54) is 11.6 Å². The number of benzene rings is 2. The van der Waals surface area contributed by atoms with Crippen LogP contribution in [0.2, 0.25) is 0 Å². The molecule has 106 valence electrons. The molecule has 0 radical (unpaired) electrons. The molecule has 0 saturated carbocycles. The second kappa shape index (κ2) is 7.06. The first kappa shape index (κ1) is 14.5. The number of hydrogen-bond acceptors (Lipinski definition) is 2. The van der Waals surface area contributed by atoms with Crippen molar-refractivity contribution >= 4 is 0 Å². The maximum absolute atomic E-state index is 13.5. The van der Waals surface area contributed by atoms with E-state index in [2.05, 4.69) is 36.5 Å². The first-order valence-electron chi connectivity index (χ1n) is 6.88. The van der Waals surface area contributed by atoms with Crippen LogP contribution >= 0.6 is 0 Å². The Labute approximate surface area is 119 Å². The lowest BCUT2D eigenvalue weighted by molar-refractivity contribution is 0.261. The molecular formula is C17H20FNO. The number of hydrogen-bond donors (Lipinski definition) is 1. The number of aryl methyl sites for hydroxylation is 1. The Kier molecular flexibility index (Phi) is 5.13. The summed E-state index contributed by atoms with van der Waals surface area (Å²) in [6, 6.07) is 14.9. The second-order valence-corrected chi connectivity index (χ2v) is 4.68. The Morgan fingerprint density at radius 3 is 2.40 bits per heavy atom. The minimum Gasteiger partial charge on any atom is -0.489 e. The monoisotopic (exact) mass is 273 g/mol. The molecule has 0 amide bonds. The highest BCUT2D eigenvalue weighted by Gasteiger charge is 2.11. The molecule has 0 saturated heterocycles. The fourth-order valence-electron chi connectivity index (χ4n) is 2.07. The van der Waals surface area contributed by atoms with Gasteiger partial charge in [0.1, 0.15) is 6.61 Å². The Hall–Kier alpha value is -1.87. The number of ether oxygens (including phenoxy) is 1. The first-order valence-corrected chi connectivity index (χ1v) is 6.88. The molecule has 3 heteroatoms. The van der Waals surface area contributed by atoms with E-state index < -0.39 is 0 Å². The summed E-state index contributed by atoms with van der Waals surface area (Å²) < 4.78 is 19.1. The van der Waals surface area contributed by atoms with Gasteiger partial charge in [-0.05, 0) is 36.7 Å². The standard InChI is InChI=1S/C17H20FNO/c1-3-13-8-10-14(11-9-13)16(19-2)12-20-17-7-5-4-6-15(17)18/h4-11,16,19H,3,12H2,1-2H3. The van der Waals surface area contributed by atoms with Crippen LogP contribution in [0.3, 0.4) is 0 Å². The van der Waals surface area contributed by atoms with Crippen LogP contribution in [0, 0.1) is 5.82 Å². The minimum absolute atomic E-state index is 0.0421. The highest BCUT2D eigenvalue weighted by atomic mass is 19.1. The fraction of sp³-hybridized carbons (Fsp3) is 0.294. The van der Waals surface area contributed by atoms with Crippen molar-refractivity contribution in [1.29, 1.82) is 0 Å². The first-order chi connectivity index (χ1) is 9.74. The summed E-state index contributed by atoms with van der Waals surface area (Å²) in [6.07, 6.45) is 1.02. The zero-order valence-electron chi connectivity index (χ0n) is 11.9. The fourth-order valence-corrected chi connectivity index (χ4v) is 2.07. The average Bonchev–Trinajstić information content (AvgIpc) is 2.50. The van der Waals surface area contributed by atoms with Crippen molar-refractivity contribution in [2.24, 2.45) is 0 Å². The lowest BCUT2D eigenvalue weighted by Gasteiger charge is -2.18. The molecule has 2 rings (SSSR count). The Balaban J connectivity index is 2.03. The average molecular weight is 273 g/mol. The second-order valence-electron chi connectivity index (χ2n) is 4.68. The molecule has 0 aliphatic heterocycles. The van der Waals surface area contributed by atoms with E-state index in [-0.39, 0.29) is 17.6 Å². The number of rotatable bonds is 6. The molecule has 2 nitrogen and oxygen atoms in total. The van der Waals surface area contributed by atoms with Gasteiger partial charge in [-0.3, -0.25) is 0 Å². The largest absolute Gasteiger partial charge is 0.489 e. The third-order valence-corrected chi connectivity index (χ3v) is 3.38. The van der Waals surface area contributed by atoms with Crippen molar-refractivity contribution in [3.05, 3.63) is 65.5 Å². The van der Waals surface area contributed by atoms with E-state index in [0.29, 0.717) is 6.61 Å². The van der Waals surface area contributed by atoms with Crippen molar-refractivity contribution in [2.75, 3.05) is 13.7 Å².